The van der Waals surface area contributed by atoms with Gasteiger partial charge in [0.2, 0.25) is 11.8 Å². The standard InChI is InChI=1S/C15H11FN6O/c1-23-14-11(7-10(16)8-17-14)12-3-2-6-21(12)15-18-9-22-13(20-15)4-5-19-22/h2-9H,1H3. The highest BCUT2D eigenvalue weighted by molar-refractivity contribution is 5.67. The van der Waals surface area contributed by atoms with Gasteiger partial charge in [0.05, 0.1) is 30.8 Å². The lowest BCUT2D eigenvalue weighted by atomic mass is 10.2. The molecule has 0 aliphatic heterocycles. The van der Waals surface area contributed by atoms with Crippen LogP contribution in [0.5, 0.6) is 5.88 Å². The average Bonchev–Trinajstić information content (AvgIpc) is 3.23. The van der Waals surface area contributed by atoms with Crippen molar-refractivity contribution < 1.29 is 9.13 Å². The van der Waals surface area contributed by atoms with E-state index in [1.807, 2.05) is 12.1 Å². The molecule has 0 bridgehead atoms. The zero-order valence-electron chi connectivity index (χ0n) is 12.1. The number of fused-ring (bicyclic) bond motifs is 1. The zero-order valence-corrected chi connectivity index (χ0v) is 12.1. The van der Waals surface area contributed by atoms with Crippen LogP contribution in [0, 0.1) is 5.82 Å². The molecule has 0 unspecified atom stereocenters. The summed E-state index contributed by atoms with van der Waals surface area (Å²) in [5.41, 5.74) is 1.87. The van der Waals surface area contributed by atoms with Crippen molar-refractivity contribution in [2.75, 3.05) is 7.11 Å². The fourth-order valence-corrected chi connectivity index (χ4v) is 2.39. The molecule has 0 saturated carbocycles. The van der Waals surface area contributed by atoms with Gasteiger partial charge in [0.15, 0.2) is 5.65 Å². The molecule has 4 aromatic rings. The quantitative estimate of drug-likeness (QED) is 0.580. The van der Waals surface area contributed by atoms with Gasteiger partial charge in [-0.15, -0.1) is 0 Å². The van der Waals surface area contributed by atoms with Gasteiger partial charge in [-0.1, -0.05) is 0 Å². The Bertz CT molecular complexity index is 992. The molecule has 114 valence electrons. The van der Waals surface area contributed by atoms with Crippen LogP contribution in [0.4, 0.5) is 4.39 Å². The van der Waals surface area contributed by atoms with Crippen LogP contribution < -0.4 is 4.74 Å². The first-order chi connectivity index (χ1) is 11.3. The lowest BCUT2D eigenvalue weighted by Gasteiger charge is -2.10. The van der Waals surface area contributed by atoms with Crippen molar-refractivity contribution in [2.45, 2.75) is 0 Å². The molecule has 0 atom stereocenters. The normalized spacial score (nSPS) is 11.0. The van der Waals surface area contributed by atoms with Gasteiger partial charge in [-0.05, 0) is 18.2 Å². The number of ether oxygens (including phenoxy) is 1. The number of methoxy groups -OCH3 is 1. The van der Waals surface area contributed by atoms with E-state index in [2.05, 4.69) is 20.1 Å². The number of halogens is 1. The number of nitrogens with zero attached hydrogens (tertiary/aromatic N) is 6. The van der Waals surface area contributed by atoms with Gasteiger partial charge in [0, 0.05) is 12.3 Å². The number of hydrogen-bond donors (Lipinski definition) is 0. The van der Waals surface area contributed by atoms with Crippen LogP contribution in [0.1, 0.15) is 0 Å². The van der Waals surface area contributed by atoms with Gasteiger partial charge in [-0.2, -0.15) is 10.1 Å². The Morgan fingerprint density at radius 3 is 3.00 bits per heavy atom. The third kappa shape index (κ3) is 2.20. The molecule has 4 rings (SSSR count). The minimum Gasteiger partial charge on any atom is -0.481 e. The third-order valence-electron chi connectivity index (χ3n) is 3.40. The largest absolute Gasteiger partial charge is 0.481 e. The SMILES string of the molecule is COc1ncc(F)cc1-c1cccn1-c1ncn2nccc2n1. The Morgan fingerprint density at radius 1 is 1.22 bits per heavy atom. The van der Waals surface area contributed by atoms with E-state index in [4.69, 9.17) is 4.74 Å². The second-order valence-corrected chi connectivity index (χ2v) is 4.76. The fraction of sp³-hybridized carbons (Fsp3) is 0.0667. The number of aromatic nitrogens is 6. The maximum Gasteiger partial charge on any atom is 0.237 e. The fourth-order valence-electron chi connectivity index (χ4n) is 2.39. The molecule has 23 heavy (non-hydrogen) atoms. The average molecular weight is 310 g/mol. The summed E-state index contributed by atoms with van der Waals surface area (Å²) in [4.78, 5) is 12.7. The Labute approximate surface area is 130 Å². The summed E-state index contributed by atoms with van der Waals surface area (Å²) in [6.07, 6.45) is 6.12. The van der Waals surface area contributed by atoms with Gasteiger partial charge >= 0.3 is 0 Å². The summed E-state index contributed by atoms with van der Waals surface area (Å²) >= 11 is 0. The van der Waals surface area contributed by atoms with E-state index in [0.29, 0.717) is 28.7 Å². The molecule has 0 amide bonds. The monoisotopic (exact) mass is 310 g/mol. The first-order valence-electron chi connectivity index (χ1n) is 6.80. The lowest BCUT2D eigenvalue weighted by molar-refractivity contribution is 0.397. The predicted molar refractivity (Wildman–Crippen MR) is 79.9 cm³/mol. The van der Waals surface area contributed by atoms with Crippen molar-refractivity contribution in [1.29, 1.82) is 0 Å². The molecular weight excluding hydrogens is 299 g/mol. The zero-order chi connectivity index (χ0) is 15.8. The van der Waals surface area contributed by atoms with Crippen molar-refractivity contribution in [3.8, 4) is 23.1 Å². The molecule has 0 radical (unpaired) electrons. The lowest BCUT2D eigenvalue weighted by Crippen LogP contribution is -2.05. The summed E-state index contributed by atoms with van der Waals surface area (Å²) in [6.45, 7) is 0. The van der Waals surface area contributed by atoms with E-state index < -0.39 is 5.82 Å². The Hall–Kier alpha value is -3.29. The van der Waals surface area contributed by atoms with E-state index in [-0.39, 0.29) is 0 Å². The number of hydrogen-bond acceptors (Lipinski definition) is 5. The van der Waals surface area contributed by atoms with Crippen LogP contribution in [0.25, 0.3) is 22.9 Å². The smallest absolute Gasteiger partial charge is 0.237 e. The van der Waals surface area contributed by atoms with Crippen molar-refractivity contribution >= 4 is 5.65 Å². The van der Waals surface area contributed by atoms with Crippen molar-refractivity contribution in [1.82, 2.24) is 29.1 Å². The van der Waals surface area contributed by atoms with Gasteiger partial charge in [0.25, 0.3) is 0 Å². The Kier molecular flexibility index (Phi) is 3.00. The highest BCUT2D eigenvalue weighted by atomic mass is 19.1. The molecular formula is C15H11FN6O. The molecule has 0 aromatic carbocycles. The van der Waals surface area contributed by atoms with Gasteiger partial charge in [0.1, 0.15) is 12.1 Å². The van der Waals surface area contributed by atoms with Gasteiger partial charge in [-0.25, -0.2) is 18.9 Å². The molecule has 0 fully saturated rings. The van der Waals surface area contributed by atoms with Crippen molar-refractivity contribution in [3.05, 3.63) is 55.0 Å². The second kappa shape index (κ2) is 5.16. The van der Waals surface area contributed by atoms with Crippen LogP contribution in [-0.2, 0) is 0 Å². The first-order valence-corrected chi connectivity index (χ1v) is 6.80. The molecule has 7 nitrogen and oxygen atoms in total. The van der Waals surface area contributed by atoms with Crippen LogP contribution in [-0.4, -0.2) is 36.2 Å². The van der Waals surface area contributed by atoms with Crippen LogP contribution >= 0.6 is 0 Å². The summed E-state index contributed by atoms with van der Waals surface area (Å²) < 4.78 is 22.1. The van der Waals surface area contributed by atoms with Crippen LogP contribution in [0.3, 0.4) is 0 Å². The predicted octanol–water partition coefficient (Wildman–Crippen LogP) is 2.12. The van der Waals surface area contributed by atoms with Gasteiger partial charge < -0.3 is 4.74 Å². The molecule has 0 aliphatic carbocycles. The molecule has 4 aromatic heterocycles. The summed E-state index contributed by atoms with van der Waals surface area (Å²) in [6, 6.07) is 6.79. The van der Waals surface area contributed by atoms with E-state index in [1.165, 1.54) is 13.2 Å². The van der Waals surface area contributed by atoms with Crippen LogP contribution in [0.15, 0.2) is 49.2 Å². The minimum atomic E-state index is -0.444. The number of pyridine rings is 1. The van der Waals surface area contributed by atoms with E-state index in [9.17, 15) is 4.39 Å². The Balaban J connectivity index is 1.90. The summed E-state index contributed by atoms with van der Waals surface area (Å²) in [5, 5.41) is 4.06. The summed E-state index contributed by atoms with van der Waals surface area (Å²) in [5.74, 6) is 0.335. The topological polar surface area (TPSA) is 70.1 Å². The maximum absolute atomic E-state index is 13.6. The minimum absolute atomic E-state index is 0.330. The maximum atomic E-state index is 13.6. The van der Waals surface area contributed by atoms with Gasteiger partial charge in [-0.3, -0.25) is 4.57 Å². The number of rotatable bonds is 3. The Morgan fingerprint density at radius 2 is 2.13 bits per heavy atom. The molecule has 0 spiro atoms. The summed E-state index contributed by atoms with van der Waals surface area (Å²) in [7, 11) is 1.49. The van der Waals surface area contributed by atoms with Crippen molar-refractivity contribution in [3.63, 3.8) is 0 Å². The molecule has 4 heterocycles. The molecule has 0 saturated heterocycles. The van der Waals surface area contributed by atoms with Crippen molar-refractivity contribution in [2.24, 2.45) is 0 Å². The first kappa shape index (κ1) is 13.4. The molecule has 0 aliphatic rings. The molecule has 8 heteroatoms. The van der Waals surface area contributed by atoms with E-state index in [0.717, 1.165) is 6.20 Å². The third-order valence-corrected chi connectivity index (χ3v) is 3.40. The highest BCUT2D eigenvalue weighted by Gasteiger charge is 2.15. The van der Waals surface area contributed by atoms with E-state index >= 15 is 0 Å². The second-order valence-electron chi connectivity index (χ2n) is 4.76. The highest BCUT2D eigenvalue weighted by Crippen LogP contribution is 2.30. The van der Waals surface area contributed by atoms with Crippen LogP contribution in [0.2, 0.25) is 0 Å². The van der Waals surface area contributed by atoms with E-state index in [1.54, 1.807) is 33.9 Å². The molecule has 0 N–H and O–H groups in total.